The van der Waals surface area contributed by atoms with Crippen molar-refractivity contribution in [2.75, 3.05) is 66.0 Å². The molecule has 0 bridgehead atoms. The van der Waals surface area contributed by atoms with Crippen LogP contribution in [0.3, 0.4) is 0 Å². The number of hydrogen-bond donors (Lipinski definition) is 1. The zero-order chi connectivity index (χ0) is 13.8. The molecule has 1 N–H and O–H groups in total. The summed E-state index contributed by atoms with van der Waals surface area (Å²) in [6.45, 7) is 11.5. The monoisotopic (exact) mass is 280 g/mol. The Balaban J connectivity index is 1.55. The van der Waals surface area contributed by atoms with Crippen LogP contribution in [0.25, 0.3) is 0 Å². The van der Waals surface area contributed by atoms with Crippen molar-refractivity contribution < 1.29 is 0 Å². The highest BCUT2D eigenvalue weighted by Gasteiger charge is 2.32. The molecular formula is C16H32N4. The molecule has 3 saturated heterocycles. The van der Waals surface area contributed by atoms with E-state index < -0.39 is 0 Å². The van der Waals surface area contributed by atoms with Gasteiger partial charge in [0, 0.05) is 45.3 Å². The second-order valence-corrected chi connectivity index (χ2v) is 7.02. The topological polar surface area (TPSA) is 21.8 Å². The molecule has 2 unspecified atom stereocenters. The number of hydrogen-bond acceptors (Lipinski definition) is 4. The van der Waals surface area contributed by atoms with Crippen molar-refractivity contribution in [3.05, 3.63) is 0 Å². The molecule has 2 atom stereocenters. The third kappa shape index (κ3) is 3.73. The number of likely N-dealkylation sites (tertiary alicyclic amines) is 1. The van der Waals surface area contributed by atoms with Crippen LogP contribution in [0.4, 0.5) is 0 Å². The van der Waals surface area contributed by atoms with Crippen LogP contribution in [0.1, 0.15) is 25.7 Å². The molecule has 0 amide bonds. The first-order chi connectivity index (χ1) is 9.83. The predicted octanol–water partition coefficient (Wildman–Crippen LogP) is 0.698. The first kappa shape index (κ1) is 14.8. The normalized spacial score (nSPS) is 35.2. The zero-order valence-corrected chi connectivity index (χ0v) is 13.2. The summed E-state index contributed by atoms with van der Waals surface area (Å²) in [5, 5.41) is 3.64. The summed E-state index contributed by atoms with van der Waals surface area (Å²) in [5.41, 5.74) is 0. The van der Waals surface area contributed by atoms with Crippen LogP contribution in [0, 0.1) is 5.92 Å². The van der Waals surface area contributed by atoms with Gasteiger partial charge in [-0.3, -0.25) is 4.90 Å². The average molecular weight is 280 g/mol. The van der Waals surface area contributed by atoms with Crippen LogP contribution in [0.5, 0.6) is 0 Å². The molecule has 116 valence electrons. The number of likely N-dealkylation sites (N-methyl/N-ethyl adjacent to an activating group) is 1. The smallest absolute Gasteiger partial charge is 0.0262 e. The van der Waals surface area contributed by atoms with E-state index >= 15 is 0 Å². The fraction of sp³-hybridized carbons (Fsp3) is 1.00. The van der Waals surface area contributed by atoms with Crippen LogP contribution in [0.15, 0.2) is 0 Å². The van der Waals surface area contributed by atoms with Crippen LogP contribution in [0.2, 0.25) is 0 Å². The van der Waals surface area contributed by atoms with Crippen molar-refractivity contribution in [2.45, 2.75) is 31.7 Å². The molecule has 4 heteroatoms. The average Bonchev–Trinajstić information content (AvgIpc) is 2.50. The minimum atomic E-state index is 0.777. The van der Waals surface area contributed by atoms with E-state index in [2.05, 4.69) is 27.1 Å². The Morgan fingerprint density at radius 2 is 1.70 bits per heavy atom. The van der Waals surface area contributed by atoms with Crippen LogP contribution in [-0.2, 0) is 0 Å². The SMILES string of the molecule is CN1CCN(C2CNCCC2CN2CCCCC2)CC1. The number of nitrogens with one attached hydrogen (secondary N) is 1. The molecule has 20 heavy (non-hydrogen) atoms. The highest BCUT2D eigenvalue weighted by atomic mass is 15.3. The maximum Gasteiger partial charge on any atom is 0.0262 e. The lowest BCUT2D eigenvalue weighted by Gasteiger charge is -2.45. The Labute approximate surface area is 124 Å². The van der Waals surface area contributed by atoms with Gasteiger partial charge in [-0.05, 0) is 51.9 Å². The number of piperazine rings is 1. The van der Waals surface area contributed by atoms with Gasteiger partial charge in [-0.15, -0.1) is 0 Å². The molecule has 3 aliphatic heterocycles. The lowest BCUT2D eigenvalue weighted by atomic mass is 9.89. The van der Waals surface area contributed by atoms with E-state index in [-0.39, 0.29) is 0 Å². The Hall–Kier alpha value is -0.160. The fourth-order valence-electron chi connectivity index (χ4n) is 4.16. The van der Waals surface area contributed by atoms with Gasteiger partial charge in [0.25, 0.3) is 0 Å². The van der Waals surface area contributed by atoms with Crippen LogP contribution in [-0.4, -0.2) is 86.7 Å². The minimum Gasteiger partial charge on any atom is -0.315 e. The predicted molar refractivity (Wildman–Crippen MR) is 84.1 cm³/mol. The summed E-state index contributed by atoms with van der Waals surface area (Å²) in [6.07, 6.45) is 5.66. The number of nitrogens with zero attached hydrogens (tertiary/aromatic N) is 3. The van der Waals surface area contributed by atoms with E-state index in [9.17, 15) is 0 Å². The molecule has 0 aromatic rings. The van der Waals surface area contributed by atoms with Gasteiger partial charge in [0.1, 0.15) is 0 Å². The van der Waals surface area contributed by atoms with Gasteiger partial charge in [0.05, 0.1) is 0 Å². The molecule has 0 aliphatic carbocycles. The van der Waals surface area contributed by atoms with Gasteiger partial charge < -0.3 is 15.1 Å². The highest BCUT2D eigenvalue weighted by molar-refractivity contribution is 4.89. The van der Waals surface area contributed by atoms with Crippen molar-refractivity contribution in [1.82, 2.24) is 20.0 Å². The highest BCUT2D eigenvalue weighted by Crippen LogP contribution is 2.22. The second kappa shape index (κ2) is 7.21. The molecule has 3 rings (SSSR count). The quantitative estimate of drug-likeness (QED) is 0.821. The molecule has 0 saturated carbocycles. The molecule has 4 nitrogen and oxygen atoms in total. The van der Waals surface area contributed by atoms with E-state index in [1.807, 2.05) is 0 Å². The zero-order valence-electron chi connectivity index (χ0n) is 13.2. The third-order valence-electron chi connectivity index (χ3n) is 5.54. The van der Waals surface area contributed by atoms with Gasteiger partial charge in [-0.25, -0.2) is 0 Å². The van der Waals surface area contributed by atoms with Crippen LogP contribution >= 0.6 is 0 Å². The Bertz CT molecular complexity index is 282. The van der Waals surface area contributed by atoms with E-state index in [4.69, 9.17) is 0 Å². The third-order valence-corrected chi connectivity index (χ3v) is 5.54. The van der Waals surface area contributed by atoms with Gasteiger partial charge >= 0.3 is 0 Å². The summed E-state index contributed by atoms with van der Waals surface area (Å²) in [6, 6.07) is 0.777. The molecule has 0 spiro atoms. The lowest BCUT2D eigenvalue weighted by Crippen LogP contribution is -2.58. The Kier molecular flexibility index (Phi) is 5.32. The molecule has 0 radical (unpaired) electrons. The van der Waals surface area contributed by atoms with E-state index in [1.165, 1.54) is 84.6 Å². The minimum absolute atomic E-state index is 0.777. The standard InChI is InChI=1S/C16H32N4/c1-18-9-11-20(12-10-18)16-13-17-6-5-15(16)14-19-7-3-2-4-8-19/h15-17H,2-14H2,1H3. The van der Waals surface area contributed by atoms with E-state index in [0.29, 0.717) is 0 Å². The summed E-state index contributed by atoms with van der Waals surface area (Å²) in [4.78, 5) is 7.97. The van der Waals surface area contributed by atoms with E-state index in [1.54, 1.807) is 0 Å². The molecular weight excluding hydrogens is 248 g/mol. The van der Waals surface area contributed by atoms with Crippen molar-refractivity contribution in [2.24, 2.45) is 5.92 Å². The second-order valence-electron chi connectivity index (χ2n) is 7.02. The van der Waals surface area contributed by atoms with Gasteiger partial charge in [-0.2, -0.15) is 0 Å². The molecule has 3 aliphatic rings. The lowest BCUT2D eigenvalue weighted by molar-refractivity contribution is 0.0473. The Morgan fingerprint density at radius 3 is 2.45 bits per heavy atom. The number of piperidine rings is 2. The molecule has 3 fully saturated rings. The van der Waals surface area contributed by atoms with Crippen LogP contribution < -0.4 is 5.32 Å². The van der Waals surface area contributed by atoms with Gasteiger partial charge in [0.15, 0.2) is 0 Å². The van der Waals surface area contributed by atoms with Crippen molar-refractivity contribution in [3.8, 4) is 0 Å². The Morgan fingerprint density at radius 1 is 0.950 bits per heavy atom. The first-order valence-corrected chi connectivity index (χ1v) is 8.68. The fourth-order valence-corrected chi connectivity index (χ4v) is 4.16. The molecule has 0 aromatic carbocycles. The largest absolute Gasteiger partial charge is 0.315 e. The molecule has 0 aromatic heterocycles. The van der Waals surface area contributed by atoms with Crippen molar-refractivity contribution in [3.63, 3.8) is 0 Å². The van der Waals surface area contributed by atoms with E-state index in [0.717, 1.165) is 12.0 Å². The van der Waals surface area contributed by atoms with Gasteiger partial charge in [-0.1, -0.05) is 6.42 Å². The summed E-state index contributed by atoms with van der Waals surface area (Å²) >= 11 is 0. The van der Waals surface area contributed by atoms with Gasteiger partial charge in [0.2, 0.25) is 0 Å². The summed E-state index contributed by atoms with van der Waals surface area (Å²) in [5.74, 6) is 0.887. The number of rotatable bonds is 3. The summed E-state index contributed by atoms with van der Waals surface area (Å²) in [7, 11) is 2.25. The van der Waals surface area contributed by atoms with Crippen molar-refractivity contribution >= 4 is 0 Å². The maximum atomic E-state index is 3.64. The molecule has 3 heterocycles. The van der Waals surface area contributed by atoms with Crippen molar-refractivity contribution in [1.29, 1.82) is 0 Å². The first-order valence-electron chi connectivity index (χ1n) is 8.68. The summed E-state index contributed by atoms with van der Waals surface area (Å²) < 4.78 is 0. The maximum absolute atomic E-state index is 3.64.